The summed E-state index contributed by atoms with van der Waals surface area (Å²) in [6.07, 6.45) is 1.07. The predicted octanol–water partition coefficient (Wildman–Crippen LogP) is 2.42. The van der Waals surface area contributed by atoms with Crippen LogP contribution in [0.3, 0.4) is 0 Å². The largest absolute Gasteiger partial charge is 0.438 e. The van der Waals surface area contributed by atoms with Crippen LogP contribution in [0.4, 0.5) is 4.39 Å². The Kier molecular flexibility index (Phi) is 3.83. The highest BCUT2D eigenvalue weighted by atomic mass is 79.9. The van der Waals surface area contributed by atoms with Gasteiger partial charge >= 0.3 is 0 Å². The van der Waals surface area contributed by atoms with Crippen molar-refractivity contribution in [2.75, 3.05) is 0 Å². The topological polar surface area (TPSA) is 82.3 Å². The Morgan fingerprint density at radius 1 is 1.26 bits per heavy atom. The standard InChI is InChI=1S/C11H8BrFN2O3S/c12-9-3-1-7(13)5-10(9)18-11-4-2-8(6-15-11)19(14,16)17/h1-6H,(H2,14,16,17). The molecule has 0 spiro atoms. The maximum Gasteiger partial charge on any atom is 0.239 e. The third-order valence-corrected chi connectivity index (χ3v) is 3.70. The number of aromatic nitrogens is 1. The SMILES string of the molecule is NS(=O)(=O)c1ccc(Oc2cc(F)ccc2Br)nc1. The van der Waals surface area contributed by atoms with Crippen molar-refractivity contribution in [1.29, 1.82) is 0 Å². The van der Waals surface area contributed by atoms with Crippen LogP contribution in [0.1, 0.15) is 0 Å². The summed E-state index contributed by atoms with van der Waals surface area (Å²) in [4.78, 5) is 3.66. The molecule has 0 aliphatic rings. The van der Waals surface area contributed by atoms with Gasteiger partial charge in [-0.15, -0.1) is 0 Å². The predicted molar refractivity (Wildman–Crippen MR) is 69.8 cm³/mol. The molecular weight excluding hydrogens is 339 g/mol. The van der Waals surface area contributed by atoms with Gasteiger partial charge in [-0.25, -0.2) is 22.9 Å². The number of halogens is 2. The van der Waals surface area contributed by atoms with Gasteiger partial charge < -0.3 is 4.74 Å². The molecule has 2 N–H and O–H groups in total. The van der Waals surface area contributed by atoms with Gasteiger partial charge in [0.15, 0.2) is 0 Å². The molecule has 8 heteroatoms. The average molecular weight is 347 g/mol. The monoisotopic (exact) mass is 346 g/mol. The van der Waals surface area contributed by atoms with Crippen LogP contribution in [-0.4, -0.2) is 13.4 Å². The summed E-state index contributed by atoms with van der Waals surface area (Å²) in [5.74, 6) is -0.103. The second kappa shape index (κ2) is 5.24. The van der Waals surface area contributed by atoms with Gasteiger partial charge in [0.05, 0.1) is 10.7 Å². The molecule has 2 aromatic rings. The lowest BCUT2D eigenvalue weighted by molar-refractivity contribution is 0.454. The number of nitrogens with two attached hydrogens (primary N) is 1. The van der Waals surface area contributed by atoms with E-state index in [0.717, 1.165) is 6.20 Å². The zero-order valence-electron chi connectivity index (χ0n) is 9.38. The van der Waals surface area contributed by atoms with Crippen molar-refractivity contribution in [2.45, 2.75) is 4.90 Å². The summed E-state index contributed by atoms with van der Waals surface area (Å²) in [6, 6.07) is 6.53. The Hall–Kier alpha value is -1.51. The summed E-state index contributed by atoms with van der Waals surface area (Å²) >= 11 is 3.20. The summed E-state index contributed by atoms with van der Waals surface area (Å²) in [5.41, 5.74) is 0. The van der Waals surface area contributed by atoms with E-state index < -0.39 is 15.8 Å². The first kappa shape index (κ1) is 13.9. The number of sulfonamides is 1. The molecular formula is C11H8BrFN2O3S. The van der Waals surface area contributed by atoms with E-state index in [1.165, 1.54) is 30.3 Å². The van der Waals surface area contributed by atoms with E-state index in [0.29, 0.717) is 4.47 Å². The van der Waals surface area contributed by atoms with E-state index in [1.54, 1.807) is 0 Å². The zero-order valence-corrected chi connectivity index (χ0v) is 11.8. The first-order chi connectivity index (χ1) is 8.86. The quantitative estimate of drug-likeness (QED) is 0.925. The minimum Gasteiger partial charge on any atom is -0.438 e. The third-order valence-electron chi connectivity index (χ3n) is 2.15. The minimum atomic E-state index is -3.79. The van der Waals surface area contributed by atoms with Crippen molar-refractivity contribution in [1.82, 2.24) is 4.98 Å². The fraction of sp³-hybridized carbons (Fsp3) is 0. The van der Waals surface area contributed by atoms with Crippen LogP contribution in [0, 0.1) is 5.82 Å². The highest BCUT2D eigenvalue weighted by Gasteiger charge is 2.10. The molecule has 0 saturated heterocycles. The molecule has 5 nitrogen and oxygen atoms in total. The number of nitrogens with zero attached hydrogens (tertiary/aromatic N) is 1. The maximum absolute atomic E-state index is 13.1. The molecule has 0 bridgehead atoms. The van der Waals surface area contributed by atoms with Crippen molar-refractivity contribution < 1.29 is 17.5 Å². The molecule has 0 atom stereocenters. The Balaban J connectivity index is 2.27. The van der Waals surface area contributed by atoms with Gasteiger partial charge in [0.2, 0.25) is 15.9 Å². The fourth-order valence-electron chi connectivity index (χ4n) is 1.26. The summed E-state index contributed by atoms with van der Waals surface area (Å²) in [5, 5.41) is 4.94. The minimum absolute atomic E-state index is 0.124. The van der Waals surface area contributed by atoms with Gasteiger partial charge in [0, 0.05) is 12.1 Å². The fourth-order valence-corrected chi connectivity index (χ4v) is 2.05. The zero-order chi connectivity index (χ0) is 14.0. The molecule has 0 aliphatic carbocycles. The number of hydrogen-bond donors (Lipinski definition) is 1. The van der Waals surface area contributed by atoms with Crippen LogP contribution >= 0.6 is 15.9 Å². The molecule has 1 aromatic heterocycles. The molecule has 2 rings (SSSR count). The molecule has 19 heavy (non-hydrogen) atoms. The van der Waals surface area contributed by atoms with Crippen LogP contribution < -0.4 is 9.88 Å². The lowest BCUT2D eigenvalue weighted by Gasteiger charge is -2.07. The van der Waals surface area contributed by atoms with Crippen LogP contribution in [0.5, 0.6) is 11.6 Å². The van der Waals surface area contributed by atoms with Crippen LogP contribution in [0.25, 0.3) is 0 Å². The van der Waals surface area contributed by atoms with Crippen molar-refractivity contribution in [3.8, 4) is 11.6 Å². The molecule has 0 unspecified atom stereocenters. The molecule has 0 aliphatic heterocycles. The number of primary sulfonamides is 1. The van der Waals surface area contributed by atoms with E-state index >= 15 is 0 Å². The Bertz CT molecular complexity index is 704. The number of ether oxygens (including phenoxy) is 1. The number of rotatable bonds is 3. The second-order valence-electron chi connectivity index (χ2n) is 3.55. The molecule has 1 aromatic carbocycles. The first-order valence-electron chi connectivity index (χ1n) is 4.98. The summed E-state index contributed by atoms with van der Waals surface area (Å²) in [6.45, 7) is 0. The highest BCUT2D eigenvalue weighted by molar-refractivity contribution is 9.10. The van der Waals surface area contributed by atoms with E-state index in [-0.39, 0.29) is 16.5 Å². The Labute approximate surface area is 117 Å². The Morgan fingerprint density at radius 3 is 2.58 bits per heavy atom. The van der Waals surface area contributed by atoms with Gasteiger partial charge in [0.25, 0.3) is 0 Å². The smallest absolute Gasteiger partial charge is 0.239 e. The molecule has 0 saturated carbocycles. The van der Waals surface area contributed by atoms with E-state index in [9.17, 15) is 12.8 Å². The third kappa shape index (κ3) is 3.49. The molecule has 1 heterocycles. The van der Waals surface area contributed by atoms with Gasteiger partial charge in [-0.2, -0.15) is 0 Å². The lowest BCUT2D eigenvalue weighted by atomic mass is 10.3. The van der Waals surface area contributed by atoms with Gasteiger partial charge in [-0.3, -0.25) is 0 Å². The molecule has 100 valence electrons. The molecule has 0 radical (unpaired) electrons. The number of pyridine rings is 1. The highest BCUT2D eigenvalue weighted by Crippen LogP contribution is 2.29. The maximum atomic E-state index is 13.1. The molecule has 0 fully saturated rings. The molecule has 0 amide bonds. The van der Waals surface area contributed by atoms with E-state index in [2.05, 4.69) is 20.9 Å². The van der Waals surface area contributed by atoms with Crippen molar-refractivity contribution in [3.63, 3.8) is 0 Å². The van der Waals surface area contributed by atoms with Crippen LogP contribution in [0.2, 0.25) is 0 Å². The van der Waals surface area contributed by atoms with Crippen LogP contribution in [0.15, 0.2) is 45.9 Å². The summed E-state index contributed by atoms with van der Waals surface area (Å²) in [7, 11) is -3.79. The van der Waals surface area contributed by atoms with Crippen molar-refractivity contribution in [3.05, 3.63) is 46.8 Å². The summed E-state index contributed by atoms with van der Waals surface area (Å²) < 4.78 is 41.0. The van der Waals surface area contributed by atoms with Gasteiger partial charge in [-0.05, 0) is 34.1 Å². The van der Waals surface area contributed by atoms with Gasteiger partial charge in [-0.1, -0.05) is 0 Å². The number of hydrogen-bond acceptors (Lipinski definition) is 4. The van der Waals surface area contributed by atoms with E-state index in [4.69, 9.17) is 9.88 Å². The van der Waals surface area contributed by atoms with Gasteiger partial charge in [0.1, 0.15) is 16.5 Å². The number of benzene rings is 1. The second-order valence-corrected chi connectivity index (χ2v) is 5.97. The lowest BCUT2D eigenvalue weighted by Crippen LogP contribution is -2.12. The van der Waals surface area contributed by atoms with Crippen molar-refractivity contribution in [2.24, 2.45) is 5.14 Å². The van der Waals surface area contributed by atoms with Crippen molar-refractivity contribution >= 4 is 26.0 Å². The van der Waals surface area contributed by atoms with E-state index in [1.807, 2.05) is 0 Å². The van der Waals surface area contributed by atoms with Crippen LogP contribution in [-0.2, 0) is 10.0 Å². The first-order valence-corrected chi connectivity index (χ1v) is 7.32. The Morgan fingerprint density at radius 2 is 2.00 bits per heavy atom. The normalized spacial score (nSPS) is 11.3. The average Bonchev–Trinajstić information content (AvgIpc) is 2.33.